The summed E-state index contributed by atoms with van der Waals surface area (Å²) in [5.41, 5.74) is 0.746. The van der Waals surface area contributed by atoms with Gasteiger partial charge in [-0.15, -0.1) is 0 Å². The molecule has 1 atom stereocenters. The van der Waals surface area contributed by atoms with E-state index in [1.807, 2.05) is 6.92 Å². The molecule has 202 valence electrons. The van der Waals surface area contributed by atoms with E-state index in [9.17, 15) is 36.0 Å². The van der Waals surface area contributed by atoms with Crippen LogP contribution in [0.25, 0.3) is 0 Å². The summed E-state index contributed by atoms with van der Waals surface area (Å²) in [7, 11) is -4.41. The van der Waals surface area contributed by atoms with Crippen LogP contribution in [-0.2, 0) is 39.2 Å². The normalized spacial score (nSPS) is 17.7. The Morgan fingerprint density at radius 3 is 1.45 bits per heavy atom. The maximum atomic E-state index is 12.1. The molecule has 0 aromatic heterocycles. The van der Waals surface area contributed by atoms with Crippen molar-refractivity contribution in [3.05, 3.63) is 60.7 Å². The number of nitrogens with one attached hydrogen (secondary N) is 2. The van der Waals surface area contributed by atoms with Gasteiger partial charge in [0.15, 0.2) is 0 Å². The van der Waals surface area contributed by atoms with Gasteiger partial charge < -0.3 is 0 Å². The largest absolute Gasteiger partial charge is 0.274 e. The molecule has 2 aliphatic rings. The van der Waals surface area contributed by atoms with E-state index >= 15 is 0 Å². The molecular weight excluding hydrogens is 536 g/mol. The van der Waals surface area contributed by atoms with Gasteiger partial charge in [-0.05, 0) is 69.0 Å². The van der Waals surface area contributed by atoms with Gasteiger partial charge in [-0.25, -0.2) is 31.2 Å². The molecule has 0 bridgehead atoms. The van der Waals surface area contributed by atoms with Crippen molar-refractivity contribution in [3.63, 3.8) is 0 Å². The molecule has 2 aliphatic heterocycles. The summed E-state index contributed by atoms with van der Waals surface area (Å²) >= 11 is 0. The number of hydrogen-bond acceptors (Lipinski definition) is 8. The van der Waals surface area contributed by atoms with Crippen molar-refractivity contribution in [2.45, 2.75) is 29.6 Å². The number of carbonyl (C=O) groups is 4. The van der Waals surface area contributed by atoms with E-state index in [-0.39, 0.29) is 33.9 Å². The molecule has 38 heavy (non-hydrogen) atoms. The van der Waals surface area contributed by atoms with Gasteiger partial charge in [0.25, 0.3) is 11.8 Å². The summed E-state index contributed by atoms with van der Waals surface area (Å²) in [5, 5.41) is 0. The van der Waals surface area contributed by atoms with Crippen LogP contribution in [0, 0.1) is 5.92 Å². The van der Waals surface area contributed by atoms with Crippen molar-refractivity contribution in [1.82, 2.24) is 9.44 Å². The molecule has 0 saturated carbocycles. The third-order valence-corrected chi connectivity index (χ3v) is 8.75. The monoisotopic (exact) mass is 562 g/mol. The van der Waals surface area contributed by atoms with Crippen LogP contribution in [0.1, 0.15) is 19.8 Å². The molecular formula is C24H26N4O8S2. The van der Waals surface area contributed by atoms with Crippen LogP contribution in [-0.4, -0.2) is 54.6 Å². The summed E-state index contributed by atoms with van der Waals surface area (Å²) in [6, 6.07) is 11.2. The second-order valence-electron chi connectivity index (χ2n) is 8.12. The van der Waals surface area contributed by atoms with Crippen molar-refractivity contribution < 1.29 is 36.0 Å². The van der Waals surface area contributed by atoms with Gasteiger partial charge in [-0.3, -0.25) is 24.1 Å². The maximum absolute atomic E-state index is 12.1. The van der Waals surface area contributed by atoms with Gasteiger partial charge in [0.2, 0.25) is 31.9 Å². The van der Waals surface area contributed by atoms with Gasteiger partial charge in [-0.1, -0.05) is 6.92 Å². The highest BCUT2D eigenvalue weighted by Gasteiger charge is 2.38. The smallest absolute Gasteiger partial charge is 0.258 e. The molecule has 2 heterocycles. The molecule has 2 aromatic rings. The quantitative estimate of drug-likeness (QED) is 0.470. The Hall–Kier alpha value is -3.72. The van der Waals surface area contributed by atoms with Crippen LogP contribution >= 0.6 is 0 Å². The van der Waals surface area contributed by atoms with E-state index in [1.165, 1.54) is 74.8 Å². The first-order valence-electron chi connectivity index (χ1n) is 11.4. The first kappa shape index (κ1) is 28.8. The van der Waals surface area contributed by atoms with Crippen LogP contribution in [0.4, 0.5) is 11.4 Å². The van der Waals surface area contributed by atoms with Crippen molar-refractivity contribution in [2.24, 2.45) is 5.92 Å². The predicted molar refractivity (Wildman–Crippen MR) is 138 cm³/mol. The molecule has 0 radical (unpaired) electrons. The third kappa shape index (κ3) is 5.88. The summed E-state index contributed by atoms with van der Waals surface area (Å²) in [4.78, 5) is 49.0. The van der Waals surface area contributed by atoms with E-state index in [0.29, 0.717) is 17.8 Å². The molecule has 1 saturated heterocycles. The number of imide groups is 2. The first-order chi connectivity index (χ1) is 17.9. The fourth-order valence-electron chi connectivity index (χ4n) is 3.72. The maximum Gasteiger partial charge on any atom is 0.258 e. The Bertz CT molecular complexity index is 1480. The standard InChI is InChI=1S/C13H16N2O4S.C11H10N2O4S/c1-3-9-8-12(16)15(13(9)17)10-4-6-11(7-5-10)20(18,19)14-2;1-12-18(16,17)9-4-2-8(3-5-9)13-10(14)6-7-11(13)15/h4-7,9,14H,3,8H2,1-2H3;2-7,12H,1H3. The van der Waals surface area contributed by atoms with Gasteiger partial charge in [0.1, 0.15) is 0 Å². The van der Waals surface area contributed by atoms with Gasteiger partial charge in [0, 0.05) is 24.5 Å². The third-order valence-electron chi connectivity index (χ3n) is 5.89. The molecule has 0 aliphatic carbocycles. The number of rotatable bonds is 7. The highest BCUT2D eigenvalue weighted by atomic mass is 32.2. The van der Waals surface area contributed by atoms with Crippen LogP contribution in [0.5, 0.6) is 0 Å². The Labute approximate surface area is 220 Å². The molecule has 4 rings (SSSR count). The number of amides is 4. The van der Waals surface area contributed by atoms with Crippen molar-refractivity contribution >= 4 is 55.1 Å². The number of nitrogens with zero attached hydrogens (tertiary/aromatic N) is 2. The van der Waals surface area contributed by atoms with E-state index in [2.05, 4.69) is 9.44 Å². The first-order valence-corrected chi connectivity index (χ1v) is 14.3. The van der Waals surface area contributed by atoms with Gasteiger partial charge >= 0.3 is 0 Å². The lowest BCUT2D eigenvalue weighted by molar-refractivity contribution is -0.123. The average Bonchev–Trinajstić information content (AvgIpc) is 3.40. The zero-order valence-electron chi connectivity index (χ0n) is 20.7. The SMILES string of the molecule is CCC1CC(=O)N(c2ccc(S(=O)(=O)NC)cc2)C1=O.CNS(=O)(=O)c1ccc(N2C(=O)C=CC2=O)cc1. The van der Waals surface area contributed by atoms with Crippen molar-refractivity contribution in [2.75, 3.05) is 23.9 Å². The van der Waals surface area contributed by atoms with Crippen molar-refractivity contribution in [3.8, 4) is 0 Å². The lowest BCUT2D eigenvalue weighted by Gasteiger charge is -2.15. The van der Waals surface area contributed by atoms with E-state index < -0.39 is 31.9 Å². The molecule has 2 aromatic carbocycles. The Kier molecular flexibility index (Phi) is 8.61. The topological polar surface area (TPSA) is 167 Å². The van der Waals surface area contributed by atoms with Crippen LogP contribution in [0.2, 0.25) is 0 Å². The van der Waals surface area contributed by atoms with E-state index in [0.717, 1.165) is 9.80 Å². The van der Waals surface area contributed by atoms with E-state index in [4.69, 9.17) is 0 Å². The predicted octanol–water partition coefficient (Wildman–Crippen LogP) is 0.908. The number of hydrogen-bond donors (Lipinski definition) is 2. The average molecular weight is 563 g/mol. The Morgan fingerprint density at radius 1 is 0.711 bits per heavy atom. The molecule has 1 unspecified atom stereocenters. The minimum atomic E-state index is -3.52. The zero-order chi connectivity index (χ0) is 28.3. The minimum Gasteiger partial charge on any atom is -0.274 e. The number of anilines is 2. The molecule has 14 heteroatoms. The second kappa shape index (κ2) is 11.3. The lowest BCUT2D eigenvalue weighted by Crippen LogP contribution is -2.30. The Morgan fingerprint density at radius 2 is 1.11 bits per heavy atom. The fraction of sp³-hybridized carbons (Fsp3) is 0.250. The van der Waals surface area contributed by atoms with Gasteiger partial charge in [-0.2, -0.15) is 0 Å². The summed E-state index contributed by atoms with van der Waals surface area (Å²) in [5.74, 6) is -1.62. The Balaban J connectivity index is 0.000000212. The van der Waals surface area contributed by atoms with Gasteiger partial charge in [0.05, 0.1) is 21.2 Å². The fourth-order valence-corrected chi connectivity index (χ4v) is 5.18. The summed E-state index contributed by atoms with van der Waals surface area (Å²) < 4.78 is 50.6. The highest BCUT2D eigenvalue weighted by molar-refractivity contribution is 7.89. The van der Waals surface area contributed by atoms with Crippen LogP contribution in [0.3, 0.4) is 0 Å². The lowest BCUT2D eigenvalue weighted by atomic mass is 10.1. The molecule has 1 fully saturated rings. The summed E-state index contributed by atoms with van der Waals surface area (Å²) in [6.45, 7) is 1.86. The zero-order valence-corrected chi connectivity index (χ0v) is 22.4. The van der Waals surface area contributed by atoms with E-state index in [1.54, 1.807) is 0 Å². The molecule has 12 nitrogen and oxygen atoms in total. The molecule has 4 amide bonds. The molecule has 0 spiro atoms. The number of benzene rings is 2. The minimum absolute atomic E-state index is 0.0702. The molecule has 2 N–H and O–H groups in total. The highest BCUT2D eigenvalue weighted by Crippen LogP contribution is 2.28. The number of carbonyl (C=O) groups excluding carboxylic acids is 4. The second-order valence-corrected chi connectivity index (χ2v) is 11.9. The van der Waals surface area contributed by atoms with Crippen LogP contribution < -0.4 is 19.2 Å². The van der Waals surface area contributed by atoms with Crippen LogP contribution in [0.15, 0.2) is 70.5 Å². The number of sulfonamides is 2. The summed E-state index contributed by atoms with van der Waals surface area (Å²) in [6.07, 6.45) is 3.17. The van der Waals surface area contributed by atoms with Crippen molar-refractivity contribution in [1.29, 1.82) is 0 Å².